The standard InChI is InChI=1S/C7H10.C4H6O5/c1-2-7-4-3-6(1)5-7;1-7-3(5)9-4(6)8-2/h1,7H,2-5H2;1-2H3. The Kier molecular flexibility index (Phi) is 4.82. The molecule has 2 aliphatic carbocycles. The van der Waals surface area contributed by atoms with E-state index >= 15 is 0 Å². The normalized spacial score (nSPS) is 20.4. The van der Waals surface area contributed by atoms with Crippen molar-refractivity contribution < 1.29 is 23.8 Å². The number of rotatable bonds is 0. The van der Waals surface area contributed by atoms with Crippen LogP contribution in [0.15, 0.2) is 11.6 Å². The van der Waals surface area contributed by atoms with E-state index in [1.165, 1.54) is 25.7 Å². The van der Waals surface area contributed by atoms with Crippen LogP contribution in [0, 0.1) is 5.92 Å². The van der Waals surface area contributed by atoms with Crippen LogP contribution >= 0.6 is 0 Å². The zero-order valence-electron chi connectivity index (χ0n) is 9.52. The Balaban J connectivity index is 0.000000163. The van der Waals surface area contributed by atoms with Gasteiger partial charge in [0.05, 0.1) is 14.2 Å². The third-order valence-electron chi connectivity index (χ3n) is 2.66. The molecule has 0 aromatic carbocycles. The first-order valence-corrected chi connectivity index (χ1v) is 5.17. The van der Waals surface area contributed by atoms with Crippen LogP contribution in [-0.2, 0) is 14.2 Å². The second-order valence-corrected chi connectivity index (χ2v) is 3.72. The topological polar surface area (TPSA) is 61.8 Å². The molecule has 1 atom stereocenters. The second-order valence-electron chi connectivity index (χ2n) is 3.72. The third kappa shape index (κ3) is 3.92. The number of fused-ring (bicyclic) bond motifs is 2. The predicted octanol–water partition coefficient (Wildman–Crippen LogP) is 2.65. The summed E-state index contributed by atoms with van der Waals surface area (Å²) in [6, 6.07) is 0. The van der Waals surface area contributed by atoms with E-state index in [4.69, 9.17) is 0 Å². The largest absolute Gasteiger partial charge is 0.518 e. The van der Waals surface area contributed by atoms with Crippen molar-refractivity contribution in [3.63, 3.8) is 0 Å². The first-order valence-electron chi connectivity index (χ1n) is 5.17. The SMILES string of the molecule is C1=C2CCC(C1)C2.COC(=O)OC(=O)OC. The number of hydrogen-bond donors (Lipinski definition) is 0. The van der Waals surface area contributed by atoms with Gasteiger partial charge in [0.1, 0.15) is 0 Å². The van der Waals surface area contributed by atoms with Crippen LogP contribution in [0.1, 0.15) is 25.7 Å². The molecule has 2 aliphatic rings. The van der Waals surface area contributed by atoms with E-state index in [0.717, 1.165) is 20.1 Å². The van der Waals surface area contributed by atoms with Crippen LogP contribution in [0.2, 0.25) is 0 Å². The maximum Gasteiger partial charge on any atom is 0.518 e. The Hall–Kier alpha value is -1.52. The van der Waals surface area contributed by atoms with Crippen molar-refractivity contribution in [2.45, 2.75) is 25.7 Å². The van der Waals surface area contributed by atoms with Gasteiger partial charge in [-0.1, -0.05) is 11.6 Å². The van der Waals surface area contributed by atoms with Crippen molar-refractivity contribution in [2.24, 2.45) is 5.92 Å². The molecule has 0 saturated heterocycles. The van der Waals surface area contributed by atoms with Gasteiger partial charge >= 0.3 is 12.3 Å². The van der Waals surface area contributed by atoms with Crippen LogP contribution in [0.3, 0.4) is 0 Å². The summed E-state index contributed by atoms with van der Waals surface area (Å²) in [4.78, 5) is 20.1. The minimum Gasteiger partial charge on any atom is -0.437 e. The summed E-state index contributed by atoms with van der Waals surface area (Å²) in [5, 5.41) is 0. The molecular formula is C11H16O5. The van der Waals surface area contributed by atoms with E-state index in [9.17, 15) is 9.59 Å². The van der Waals surface area contributed by atoms with Gasteiger partial charge in [-0.25, -0.2) is 9.59 Å². The van der Waals surface area contributed by atoms with Gasteiger partial charge in [-0.2, -0.15) is 0 Å². The van der Waals surface area contributed by atoms with Gasteiger partial charge in [0, 0.05) is 0 Å². The fourth-order valence-electron chi connectivity index (χ4n) is 1.84. The summed E-state index contributed by atoms with van der Waals surface area (Å²) >= 11 is 0. The Morgan fingerprint density at radius 3 is 2.06 bits per heavy atom. The molecule has 0 radical (unpaired) electrons. The lowest BCUT2D eigenvalue weighted by Crippen LogP contribution is -2.11. The van der Waals surface area contributed by atoms with E-state index in [1.54, 1.807) is 5.57 Å². The smallest absolute Gasteiger partial charge is 0.437 e. The number of hydrogen-bond acceptors (Lipinski definition) is 5. The van der Waals surface area contributed by atoms with Crippen molar-refractivity contribution in [1.29, 1.82) is 0 Å². The zero-order chi connectivity index (χ0) is 12.0. The van der Waals surface area contributed by atoms with Gasteiger partial charge < -0.3 is 14.2 Å². The lowest BCUT2D eigenvalue weighted by Gasteiger charge is -1.98. The Labute approximate surface area is 94.4 Å². The van der Waals surface area contributed by atoms with Gasteiger partial charge in [-0.15, -0.1) is 0 Å². The van der Waals surface area contributed by atoms with E-state index < -0.39 is 12.3 Å². The molecule has 0 heterocycles. The monoisotopic (exact) mass is 228 g/mol. The first kappa shape index (κ1) is 12.5. The molecule has 0 N–H and O–H groups in total. The molecule has 0 spiro atoms. The highest BCUT2D eigenvalue weighted by Crippen LogP contribution is 2.38. The predicted molar refractivity (Wildman–Crippen MR) is 55.9 cm³/mol. The van der Waals surface area contributed by atoms with E-state index in [2.05, 4.69) is 20.3 Å². The minimum atomic E-state index is -1.08. The van der Waals surface area contributed by atoms with Crippen LogP contribution < -0.4 is 0 Å². The van der Waals surface area contributed by atoms with Crippen molar-refractivity contribution >= 4 is 12.3 Å². The van der Waals surface area contributed by atoms with Crippen LogP contribution in [0.5, 0.6) is 0 Å². The molecule has 2 bridgehead atoms. The minimum absolute atomic E-state index is 1.08. The average molecular weight is 228 g/mol. The summed E-state index contributed by atoms with van der Waals surface area (Å²) < 4.78 is 11.7. The Bertz CT molecular complexity index is 281. The zero-order valence-corrected chi connectivity index (χ0v) is 9.52. The van der Waals surface area contributed by atoms with Gasteiger partial charge in [0.15, 0.2) is 0 Å². The van der Waals surface area contributed by atoms with E-state index in [-0.39, 0.29) is 0 Å². The molecule has 0 aromatic rings. The molecule has 2 rings (SSSR count). The number of allylic oxidation sites excluding steroid dienone is 2. The number of methoxy groups -OCH3 is 2. The van der Waals surface area contributed by atoms with Crippen molar-refractivity contribution in [3.8, 4) is 0 Å². The van der Waals surface area contributed by atoms with Crippen molar-refractivity contribution in [1.82, 2.24) is 0 Å². The molecule has 0 aliphatic heterocycles. The lowest BCUT2D eigenvalue weighted by molar-refractivity contribution is 0.0568. The van der Waals surface area contributed by atoms with Crippen LogP contribution in [0.25, 0.3) is 0 Å². The summed E-state index contributed by atoms with van der Waals surface area (Å²) in [7, 11) is 2.18. The second kappa shape index (κ2) is 6.15. The molecule has 0 aromatic heterocycles. The number of ether oxygens (including phenoxy) is 3. The Morgan fingerprint density at radius 2 is 1.88 bits per heavy atom. The van der Waals surface area contributed by atoms with Crippen molar-refractivity contribution in [3.05, 3.63) is 11.6 Å². The summed E-state index contributed by atoms with van der Waals surface area (Å²) in [5.74, 6) is 1.08. The molecule has 5 nitrogen and oxygen atoms in total. The fourth-order valence-corrected chi connectivity index (χ4v) is 1.84. The van der Waals surface area contributed by atoms with E-state index in [0.29, 0.717) is 0 Å². The highest BCUT2D eigenvalue weighted by Gasteiger charge is 2.22. The molecule has 1 saturated carbocycles. The highest BCUT2D eigenvalue weighted by atomic mass is 16.8. The molecule has 1 unspecified atom stereocenters. The molecule has 0 amide bonds. The van der Waals surface area contributed by atoms with Gasteiger partial charge in [-0.05, 0) is 31.6 Å². The molecule has 5 heteroatoms. The van der Waals surface area contributed by atoms with Crippen molar-refractivity contribution in [2.75, 3.05) is 14.2 Å². The van der Waals surface area contributed by atoms with Gasteiger partial charge in [-0.3, -0.25) is 0 Å². The highest BCUT2D eigenvalue weighted by molar-refractivity contribution is 5.76. The fraction of sp³-hybridized carbons (Fsp3) is 0.636. The van der Waals surface area contributed by atoms with Gasteiger partial charge in [0.2, 0.25) is 0 Å². The number of carbonyl (C=O) groups is 2. The summed E-state index contributed by atoms with van der Waals surface area (Å²) in [6.45, 7) is 0. The molecule has 90 valence electrons. The molecule has 1 fully saturated rings. The average Bonchev–Trinajstić information content (AvgIpc) is 2.93. The first-order chi connectivity index (χ1) is 7.65. The maximum atomic E-state index is 10.0. The van der Waals surface area contributed by atoms with E-state index in [1.807, 2.05) is 0 Å². The molecule has 16 heavy (non-hydrogen) atoms. The summed E-state index contributed by atoms with van der Waals surface area (Å²) in [6.07, 6.45) is 6.02. The Morgan fingerprint density at radius 1 is 1.25 bits per heavy atom. The quantitative estimate of drug-likeness (QED) is 0.362. The van der Waals surface area contributed by atoms with Gasteiger partial charge in [0.25, 0.3) is 0 Å². The number of carbonyl (C=O) groups excluding carboxylic acids is 2. The van der Waals surface area contributed by atoms with Crippen LogP contribution in [-0.4, -0.2) is 26.5 Å². The lowest BCUT2D eigenvalue weighted by atomic mass is 10.1. The van der Waals surface area contributed by atoms with Crippen LogP contribution in [0.4, 0.5) is 9.59 Å². The third-order valence-corrected chi connectivity index (χ3v) is 2.66. The summed E-state index contributed by atoms with van der Waals surface area (Å²) in [5.41, 5.74) is 1.74. The molecular weight excluding hydrogens is 212 g/mol. The maximum absolute atomic E-state index is 10.0.